The van der Waals surface area contributed by atoms with Crippen LogP contribution in [0.2, 0.25) is 0 Å². The molecule has 1 aromatic heterocycles. The Morgan fingerprint density at radius 3 is 2.94 bits per heavy atom. The molecule has 1 atom stereocenters. The average Bonchev–Trinajstić information content (AvgIpc) is 2.71. The van der Waals surface area contributed by atoms with Crippen molar-refractivity contribution in [3.63, 3.8) is 0 Å². The molecule has 0 saturated heterocycles. The average molecular weight is 221 g/mol. The Labute approximate surface area is 94.4 Å². The second kappa shape index (κ2) is 4.66. The van der Waals surface area contributed by atoms with Crippen molar-refractivity contribution in [2.75, 3.05) is 6.54 Å². The van der Waals surface area contributed by atoms with Crippen LogP contribution in [0, 0.1) is 5.82 Å². The third kappa shape index (κ3) is 2.09. The van der Waals surface area contributed by atoms with Gasteiger partial charge in [0, 0.05) is 11.4 Å². The van der Waals surface area contributed by atoms with E-state index in [0.717, 1.165) is 11.9 Å². The molecule has 1 N–H and O–H groups in total. The highest BCUT2D eigenvalue weighted by Crippen LogP contribution is 2.22. The van der Waals surface area contributed by atoms with E-state index in [4.69, 9.17) is 4.42 Å². The van der Waals surface area contributed by atoms with Gasteiger partial charge in [-0.05, 0) is 31.5 Å². The highest BCUT2D eigenvalue weighted by atomic mass is 19.1. The first-order valence-corrected chi connectivity index (χ1v) is 5.60. The Morgan fingerprint density at radius 2 is 2.19 bits per heavy atom. The number of hydrogen-bond acceptors (Lipinski definition) is 2. The summed E-state index contributed by atoms with van der Waals surface area (Å²) in [5.74, 6) is -0.229. The van der Waals surface area contributed by atoms with Crippen molar-refractivity contribution in [1.29, 1.82) is 0 Å². The van der Waals surface area contributed by atoms with Crippen LogP contribution < -0.4 is 5.32 Å². The van der Waals surface area contributed by atoms with Crippen LogP contribution in [0.3, 0.4) is 0 Å². The molecule has 0 saturated carbocycles. The molecule has 0 radical (unpaired) electrons. The Balaban J connectivity index is 2.27. The van der Waals surface area contributed by atoms with E-state index in [-0.39, 0.29) is 11.9 Å². The van der Waals surface area contributed by atoms with Gasteiger partial charge in [-0.15, -0.1) is 0 Å². The molecule has 86 valence electrons. The van der Waals surface area contributed by atoms with Gasteiger partial charge < -0.3 is 9.73 Å². The van der Waals surface area contributed by atoms with E-state index in [1.807, 2.05) is 19.1 Å². The SMILES string of the molecule is CCN[C@H](C)Cc1ccc2ccoc2c1F. The van der Waals surface area contributed by atoms with Gasteiger partial charge in [0.05, 0.1) is 6.26 Å². The topological polar surface area (TPSA) is 25.2 Å². The standard InChI is InChI=1S/C13H16FNO/c1-3-15-9(2)8-11-5-4-10-6-7-16-13(10)12(11)14/h4-7,9,15H,3,8H2,1-2H3/t9-/m1/s1. The van der Waals surface area contributed by atoms with Crippen LogP contribution in [0.1, 0.15) is 19.4 Å². The number of nitrogens with one attached hydrogen (secondary N) is 1. The van der Waals surface area contributed by atoms with Gasteiger partial charge in [0.1, 0.15) is 0 Å². The number of rotatable bonds is 4. The third-order valence-corrected chi connectivity index (χ3v) is 2.72. The molecule has 0 aliphatic carbocycles. The Morgan fingerprint density at radius 1 is 1.38 bits per heavy atom. The smallest absolute Gasteiger partial charge is 0.169 e. The fraction of sp³-hybridized carbons (Fsp3) is 0.385. The maximum atomic E-state index is 14.0. The van der Waals surface area contributed by atoms with Crippen LogP contribution >= 0.6 is 0 Å². The van der Waals surface area contributed by atoms with Crippen LogP contribution in [0.15, 0.2) is 28.9 Å². The van der Waals surface area contributed by atoms with Gasteiger partial charge in [0.25, 0.3) is 0 Å². The summed E-state index contributed by atoms with van der Waals surface area (Å²) in [5.41, 5.74) is 1.07. The molecule has 0 fully saturated rings. The first-order valence-electron chi connectivity index (χ1n) is 5.60. The molecule has 3 heteroatoms. The monoisotopic (exact) mass is 221 g/mol. The van der Waals surface area contributed by atoms with E-state index in [1.54, 1.807) is 6.07 Å². The highest BCUT2D eigenvalue weighted by molar-refractivity contribution is 5.78. The van der Waals surface area contributed by atoms with Gasteiger partial charge in [-0.3, -0.25) is 0 Å². The minimum atomic E-state index is -0.229. The minimum absolute atomic E-state index is 0.229. The first kappa shape index (κ1) is 11.1. The summed E-state index contributed by atoms with van der Waals surface area (Å²) in [6.45, 7) is 4.99. The normalized spacial score (nSPS) is 13.2. The summed E-state index contributed by atoms with van der Waals surface area (Å²) in [6, 6.07) is 5.78. The quantitative estimate of drug-likeness (QED) is 0.858. The van der Waals surface area contributed by atoms with Crippen molar-refractivity contribution in [3.8, 4) is 0 Å². The predicted molar refractivity (Wildman–Crippen MR) is 63.0 cm³/mol. The van der Waals surface area contributed by atoms with Crippen LogP contribution in [-0.4, -0.2) is 12.6 Å². The Bertz CT molecular complexity index is 478. The summed E-state index contributed by atoms with van der Waals surface area (Å²) >= 11 is 0. The van der Waals surface area contributed by atoms with Crippen LogP contribution in [0.25, 0.3) is 11.0 Å². The van der Waals surface area contributed by atoms with E-state index in [0.29, 0.717) is 17.6 Å². The largest absolute Gasteiger partial charge is 0.461 e. The number of halogens is 1. The lowest BCUT2D eigenvalue weighted by molar-refractivity contribution is 0.525. The van der Waals surface area contributed by atoms with Crippen LogP contribution in [0.4, 0.5) is 4.39 Å². The van der Waals surface area contributed by atoms with Crippen molar-refractivity contribution in [1.82, 2.24) is 5.32 Å². The summed E-state index contributed by atoms with van der Waals surface area (Å²) in [6.07, 6.45) is 2.20. The molecule has 2 rings (SSSR count). The van der Waals surface area contributed by atoms with E-state index in [9.17, 15) is 4.39 Å². The maximum Gasteiger partial charge on any atom is 0.169 e. The zero-order chi connectivity index (χ0) is 11.5. The van der Waals surface area contributed by atoms with Gasteiger partial charge in [-0.25, -0.2) is 4.39 Å². The molecule has 0 unspecified atom stereocenters. The molecule has 0 spiro atoms. The van der Waals surface area contributed by atoms with Gasteiger partial charge in [-0.2, -0.15) is 0 Å². The van der Waals surface area contributed by atoms with Crippen LogP contribution in [0.5, 0.6) is 0 Å². The van der Waals surface area contributed by atoms with Gasteiger partial charge >= 0.3 is 0 Å². The molecule has 0 aliphatic heterocycles. The summed E-state index contributed by atoms with van der Waals surface area (Å²) in [5, 5.41) is 4.08. The van der Waals surface area contributed by atoms with Crippen molar-refractivity contribution >= 4 is 11.0 Å². The molecule has 0 aliphatic rings. The van der Waals surface area contributed by atoms with E-state index < -0.39 is 0 Å². The van der Waals surface area contributed by atoms with Crippen molar-refractivity contribution < 1.29 is 8.81 Å². The zero-order valence-corrected chi connectivity index (χ0v) is 9.59. The number of hydrogen-bond donors (Lipinski definition) is 1. The third-order valence-electron chi connectivity index (χ3n) is 2.72. The molecule has 2 aromatic rings. The molecule has 1 aromatic carbocycles. The number of fused-ring (bicyclic) bond motifs is 1. The maximum absolute atomic E-state index is 14.0. The molecular formula is C13H16FNO. The predicted octanol–water partition coefficient (Wildman–Crippen LogP) is 3.11. The molecule has 0 bridgehead atoms. The Kier molecular flexibility index (Phi) is 3.25. The lowest BCUT2D eigenvalue weighted by Gasteiger charge is -2.12. The zero-order valence-electron chi connectivity index (χ0n) is 9.59. The van der Waals surface area contributed by atoms with Gasteiger partial charge in [0.15, 0.2) is 11.4 Å². The number of furan rings is 1. The molecular weight excluding hydrogens is 205 g/mol. The second-order valence-corrected chi connectivity index (χ2v) is 4.04. The van der Waals surface area contributed by atoms with E-state index in [2.05, 4.69) is 12.2 Å². The lowest BCUT2D eigenvalue weighted by atomic mass is 10.1. The molecule has 2 nitrogen and oxygen atoms in total. The highest BCUT2D eigenvalue weighted by Gasteiger charge is 2.12. The molecule has 1 heterocycles. The van der Waals surface area contributed by atoms with Crippen LogP contribution in [-0.2, 0) is 6.42 Å². The fourth-order valence-corrected chi connectivity index (χ4v) is 1.95. The van der Waals surface area contributed by atoms with Crippen molar-refractivity contribution in [2.24, 2.45) is 0 Å². The minimum Gasteiger partial charge on any atom is -0.461 e. The second-order valence-electron chi connectivity index (χ2n) is 4.04. The fourth-order valence-electron chi connectivity index (χ4n) is 1.95. The van der Waals surface area contributed by atoms with E-state index >= 15 is 0 Å². The summed E-state index contributed by atoms with van der Waals surface area (Å²) in [4.78, 5) is 0. The first-order chi connectivity index (χ1) is 7.72. The van der Waals surface area contributed by atoms with Crippen molar-refractivity contribution in [3.05, 3.63) is 35.8 Å². The number of benzene rings is 1. The lowest BCUT2D eigenvalue weighted by Crippen LogP contribution is -2.27. The number of likely N-dealkylation sites (N-methyl/N-ethyl adjacent to an activating group) is 1. The Hall–Kier alpha value is -1.35. The summed E-state index contributed by atoms with van der Waals surface area (Å²) < 4.78 is 19.1. The molecule has 0 amide bonds. The van der Waals surface area contributed by atoms with E-state index in [1.165, 1.54) is 6.26 Å². The summed E-state index contributed by atoms with van der Waals surface area (Å²) in [7, 11) is 0. The molecule has 16 heavy (non-hydrogen) atoms. The van der Waals surface area contributed by atoms with Gasteiger partial charge in [0.2, 0.25) is 0 Å². The van der Waals surface area contributed by atoms with Gasteiger partial charge in [-0.1, -0.05) is 19.1 Å². The van der Waals surface area contributed by atoms with Crippen molar-refractivity contribution in [2.45, 2.75) is 26.3 Å².